The molecule has 16 heavy (non-hydrogen) atoms. The zero-order valence-electron chi connectivity index (χ0n) is 8.98. The van der Waals surface area contributed by atoms with Crippen molar-refractivity contribution in [2.45, 2.75) is 0 Å². The van der Waals surface area contributed by atoms with E-state index in [4.69, 9.17) is 11.2 Å². The van der Waals surface area contributed by atoms with Crippen molar-refractivity contribution in [1.82, 2.24) is 0 Å². The lowest BCUT2D eigenvalue weighted by molar-refractivity contribution is -0.670. The second-order valence-corrected chi connectivity index (χ2v) is 3.39. The van der Waals surface area contributed by atoms with Gasteiger partial charge in [-0.25, -0.2) is 4.57 Å². The number of benzene rings is 1. The zero-order valence-corrected chi connectivity index (χ0v) is 10.6. The van der Waals surface area contributed by atoms with Crippen molar-refractivity contribution in [3.8, 4) is 18.1 Å². The third kappa shape index (κ3) is 2.74. The number of aryl methyl sites for hydroxylation is 1. The van der Waals surface area contributed by atoms with Gasteiger partial charge >= 0.3 is 0 Å². The predicted molar refractivity (Wildman–Crippen MR) is 59.5 cm³/mol. The third-order valence-corrected chi connectivity index (χ3v) is 2.21. The van der Waals surface area contributed by atoms with Gasteiger partial charge in [0.2, 0.25) is 0 Å². The lowest BCUT2D eigenvalue weighted by Crippen LogP contribution is -3.00. The van der Waals surface area contributed by atoms with Crippen molar-refractivity contribution in [1.29, 1.82) is 0 Å². The van der Waals surface area contributed by atoms with Gasteiger partial charge in [0, 0.05) is 11.5 Å². The van der Waals surface area contributed by atoms with Gasteiger partial charge in [0.1, 0.15) is 19.4 Å². The topological polar surface area (TPSA) is 13.1 Å². The van der Waals surface area contributed by atoms with E-state index in [1.165, 1.54) is 5.39 Å². The minimum Gasteiger partial charge on any atom is -1.00 e. The average Bonchev–Trinajstić information content (AvgIpc) is 2.26. The maximum atomic E-state index is 5.35. The van der Waals surface area contributed by atoms with E-state index in [0.29, 0.717) is 6.61 Å². The summed E-state index contributed by atoms with van der Waals surface area (Å²) in [5, 5.41) is 2.34. The molecule has 1 aromatic heterocycles. The molecular formula is C13H12BrNO. The highest BCUT2D eigenvalue weighted by Gasteiger charge is 2.00. The zero-order chi connectivity index (χ0) is 10.7. The number of halogens is 1. The Morgan fingerprint density at radius 1 is 1.31 bits per heavy atom. The molecule has 2 rings (SSSR count). The fraction of sp³-hybridized carbons (Fsp3) is 0.154. The van der Waals surface area contributed by atoms with E-state index in [2.05, 4.69) is 18.2 Å². The molecule has 1 heterocycles. The fourth-order valence-electron chi connectivity index (χ4n) is 1.49. The molecule has 0 bridgehead atoms. The molecule has 0 aliphatic rings. The molecule has 3 heteroatoms. The van der Waals surface area contributed by atoms with Crippen molar-refractivity contribution in [2.75, 3.05) is 6.61 Å². The Bertz CT molecular complexity index is 531. The number of hydrogen-bond donors (Lipinski definition) is 0. The summed E-state index contributed by atoms with van der Waals surface area (Å²) in [6, 6.07) is 8.01. The van der Waals surface area contributed by atoms with Crippen LogP contribution in [0.4, 0.5) is 0 Å². The van der Waals surface area contributed by atoms with Crippen LogP contribution in [0, 0.1) is 12.3 Å². The Morgan fingerprint density at radius 2 is 2.12 bits per heavy atom. The van der Waals surface area contributed by atoms with Crippen LogP contribution in [0.2, 0.25) is 0 Å². The number of nitrogens with zero attached hydrogens (tertiary/aromatic N) is 1. The first-order valence-electron chi connectivity index (χ1n) is 4.75. The van der Waals surface area contributed by atoms with E-state index in [1.807, 2.05) is 36.0 Å². The monoisotopic (exact) mass is 277 g/mol. The van der Waals surface area contributed by atoms with Gasteiger partial charge in [-0.1, -0.05) is 5.92 Å². The van der Waals surface area contributed by atoms with E-state index >= 15 is 0 Å². The van der Waals surface area contributed by atoms with Gasteiger partial charge in [0.15, 0.2) is 12.4 Å². The highest BCUT2D eigenvalue weighted by Crippen LogP contribution is 2.19. The maximum absolute atomic E-state index is 5.35. The van der Waals surface area contributed by atoms with E-state index in [0.717, 1.165) is 11.1 Å². The van der Waals surface area contributed by atoms with Crippen LogP contribution in [0.25, 0.3) is 10.8 Å². The Balaban J connectivity index is 0.00000128. The molecule has 0 radical (unpaired) electrons. The van der Waals surface area contributed by atoms with Gasteiger partial charge in [-0.3, -0.25) is 0 Å². The molecule has 1 aromatic carbocycles. The van der Waals surface area contributed by atoms with E-state index < -0.39 is 0 Å². The Labute approximate surface area is 106 Å². The highest BCUT2D eigenvalue weighted by atomic mass is 79.9. The lowest BCUT2D eigenvalue weighted by atomic mass is 10.2. The van der Waals surface area contributed by atoms with Gasteiger partial charge < -0.3 is 21.7 Å². The summed E-state index contributed by atoms with van der Waals surface area (Å²) in [6.07, 6.45) is 9.21. The summed E-state index contributed by atoms with van der Waals surface area (Å²) >= 11 is 0. The predicted octanol–water partition coefficient (Wildman–Crippen LogP) is -1.32. The second-order valence-electron chi connectivity index (χ2n) is 3.39. The summed E-state index contributed by atoms with van der Waals surface area (Å²) in [7, 11) is 2.00. The summed E-state index contributed by atoms with van der Waals surface area (Å²) in [5.74, 6) is 3.26. The third-order valence-electron chi connectivity index (χ3n) is 2.21. The normalized spacial score (nSPS) is 9.25. The fourth-order valence-corrected chi connectivity index (χ4v) is 1.49. The lowest BCUT2D eigenvalue weighted by Gasteiger charge is -2.02. The molecule has 0 spiro atoms. The Morgan fingerprint density at radius 3 is 2.88 bits per heavy atom. The van der Waals surface area contributed by atoms with Gasteiger partial charge in [-0.2, -0.15) is 0 Å². The number of hydrogen-bond acceptors (Lipinski definition) is 1. The summed E-state index contributed by atoms with van der Waals surface area (Å²) < 4.78 is 7.37. The first kappa shape index (κ1) is 12.5. The molecule has 0 aliphatic carbocycles. The Hall–Kier alpha value is -1.53. The molecule has 2 nitrogen and oxygen atoms in total. The molecule has 0 N–H and O–H groups in total. The van der Waals surface area contributed by atoms with E-state index in [1.54, 1.807) is 0 Å². The minimum atomic E-state index is 0. The largest absolute Gasteiger partial charge is 1.00 e. The van der Waals surface area contributed by atoms with Crippen molar-refractivity contribution in [2.24, 2.45) is 7.05 Å². The van der Waals surface area contributed by atoms with Crippen molar-refractivity contribution in [3.05, 3.63) is 36.7 Å². The first-order chi connectivity index (χ1) is 7.29. The minimum absolute atomic E-state index is 0. The standard InChI is InChI=1S/C13H12NO.BrH/c1-3-8-15-13-5-4-12-10-14(2)7-6-11(12)9-13;/h1,4-7,9-10H,8H2,2H3;1H/q+1;/p-1. The van der Waals surface area contributed by atoms with Crippen molar-refractivity contribution in [3.63, 3.8) is 0 Å². The van der Waals surface area contributed by atoms with Crippen LogP contribution in [0.15, 0.2) is 36.7 Å². The number of aromatic nitrogens is 1. The number of fused-ring (bicyclic) bond motifs is 1. The average molecular weight is 278 g/mol. The van der Waals surface area contributed by atoms with Crippen LogP contribution >= 0.6 is 0 Å². The van der Waals surface area contributed by atoms with Gasteiger partial charge in [-0.05, 0) is 23.6 Å². The SMILES string of the molecule is C#CCOc1ccc2c[n+](C)ccc2c1.[Br-]. The van der Waals surface area contributed by atoms with Gasteiger partial charge in [0.05, 0.1) is 0 Å². The van der Waals surface area contributed by atoms with Crippen LogP contribution < -0.4 is 26.3 Å². The highest BCUT2D eigenvalue weighted by molar-refractivity contribution is 5.82. The number of ether oxygens (including phenoxy) is 1. The molecule has 82 valence electrons. The molecular weight excluding hydrogens is 266 g/mol. The molecule has 2 aromatic rings. The smallest absolute Gasteiger partial charge is 0.176 e. The Kier molecular flexibility index (Phi) is 4.33. The van der Waals surface area contributed by atoms with Crippen molar-refractivity contribution >= 4 is 10.8 Å². The van der Waals surface area contributed by atoms with E-state index in [9.17, 15) is 0 Å². The molecule has 0 saturated heterocycles. The second kappa shape index (κ2) is 5.53. The summed E-state index contributed by atoms with van der Waals surface area (Å²) in [4.78, 5) is 0. The summed E-state index contributed by atoms with van der Waals surface area (Å²) in [6.45, 7) is 0.312. The number of pyridine rings is 1. The van der Waals surface area contributed by atoms with Gasteiger partial charge in [0.25, 0.3) is 0 Å². The maximum Gasteiger partial charge on any atom is 0.176 e. The van der Waals surface area contributed by atoms with Crippen LogP contribution in [-0.4, -0.2) is 6.61 Å². The molecule has 0 saturated carbocycles. The van der Waals surface area contributed by atoms with Crippen LogP contribution in [0.3, 0.4) is 0 Å². The first-order valence-corrected chi connectivity index (χ1v) is 4.75. The van der Waals surface area contributed by atoms with Crippen LogP contribution in [0.5, 0.6) is 5.75 Å². The van der Waals surface area contributed by atoms with E-state index in [-0.39, 0.29) is 17.0 Å². The van der Waals surface area contributed by atoms with Crippen molar-refractivity contribution < 1.29 is 26.3 Å². The van der Waals surface area contributed by atoms with Crippen LogP contribution in [-0.2, 0) is 7.05 Å². The molecule has 0 atom stereocenters. The molecule has 0 amide bonds. The quantitative estimate of drug-likeness (QED) is 0.490. The molecule has 0 fully saturated rings. The number of terminal acetylenes is 1. The van der Waals surface area contributed by atoms with Gasteiger partial charge in [-0.15, -0.1) is 6.42 Å². The number of rotatable bonds is 2. The van der Waals surface area contributed by atoms with Crippen LogP contribution in [0.1, 0.15) is 0 Å². The molecule has 0 aliphatic heterocycles. The summed E-state index contributed by atoms with van der Waals surface area (Å²) in [5.41, 5.74) is 0. The molecule has 0 unspecified atom stereocenters.